The standard InChI is InChI=1S/C17H24N4O2S2/c1-4-8-12(3)18-15(22)11-24-17-21-20-16(25-17)19-13-9-6-7-10-14(13)23-5-2/h6-7,9-10,12H,4-5,8,11H2,1-3H3,(H,18,22)(H,19,20)/t12-/m1/s1. The maximum atomic E-state index is 11.9. The van der Waals surface area contributed by atoms with Gasteiger partial charge in [-0.05, 0) is 32.4 Å². The summed E-state index contributed by atoms with van der Waals surface area (Å²) < 4.78 is 6.35. The van der Waals surface area contributed by atoms with Crippen molar-refractivity contribution in [1.29, 1.82) is 0 Å². The molecule has 1 amide bonds. The van der Waals surface area contributed by atoms with E-state index in [0.717, 1.165) is 28.6 Å². The molecule has 0 aliphatic heterocycles. The number of rotatable bonds is 10. The molecule has 0 aliphatic rings. The summed E-state index contributed by atoms with van der Waals surface area (Å²) in [4.78, 5) is 11.9. The number of aromatic nitrogens is 2. The van der Waals surface area contributed by atoms with Crippen LogP contribution in [0.25, 0.3) is 0 Å². The first kappa shape index (κ1) is 19.5. The summed E-state index contributed by atoms with van der Waals surface area (Å²) in [5.41, 5.74) is 0.850. The van der Waals surface area contributed by atoms with Gasteiger partial charge in [0.1, 0.15) is 5.75 Å². The Hall–Kier alpha value is -1.80. The van der Waals surface area contributed by atoms with Gasteiger partial charge in [-0.3, -0.25) is 4.79 Å². The Bertz CT molecular complexity index is 678. The number of ether oxygens (including phenoxy) is 1. The van der Waals surface area contributed by atoms with Crippen LogP contribution in [-0.2, 0) is 4.79 Å². The number of hydrogen-bond acceptors (Lipinski definition) is 7. The van der Waals surface area contributed by atoms with E-state index < -0.39 is 0 Å². The number of hydrogen-bond donors (Lipinski definition) is 2. The summed E-state index contributed by atoms with van der Waals surface area (Å²) in [7, 11) is 0. The molecule has 1 heterocycles. The van der Waals surface area contributed by atoms with E-state index in [0.29, 0.717) is 17.5 Å². The fraction of sp³-hybridized carbons (Fsp3) is 0.471. The third-order valence-corrected chi connectivity index (χ3v) is 5.26. The molecule has 0 fully saturated rings. The van der Waals surface area contributed by atoms with Crippen LogP contribution in [0.5, 0.6) is 5.75 Å². The van der Waals surface area contributed by atoms with Crippen LogP contribution >= 0.6 is 23.1 Å². The second kappa shape index (κ2) is 10.2. The lowest BCUT2D eigenvalue weighted by Crippen LogP contribution is -2.33. The third-order valence-electron chi connectivity index (χ3n) is 3.29. The predicted molar refractivity (Wildman–Crippen MR) is 104 cm³/mol. The summed E-state index contributed by atoms with van der Waals surface area (Å²) >= 11 is 2.82. The van der Waals surface area contributed by atoms with Gasteiger partial charge in [-0.15, -0.1) is 10.2 Å². The van der Waals surface area contributed by atoms with E-state index in [-0.39, 0.29) is 11.9 Å². The van der Waals surface area contributed by atoms with Crippen LogP contribution in [-0.4, -0.2) is 34.5 Å². The maximum absolute atomic E-state index is 11.9. The lowest BCUT2D eigenvalue weighted by molar-refractivity contribution is -0.119. The number of nitrogens with one attached hydrogen (secondary N) is 2. The zero-order valence-corrected chi connectivity index (χ0v) is 16.4. The van der Waals surface area contributed by atoms with Crippen molar-refractivity contribution >= 4 is 39.8 Å². The number of nitrogens with zero attached hydrogens (tertiary/aromatic N) is 2. The fourth-order valence-corrected chi connectivity index (χ4v) is 3.81. The molecule has 25 heavy (non-hydrogen) atoms. The Labute approximate surface area is 156 Å². The largest absolute Gasteiger partial charge is 0.492 e. The lowest BCUT2D eigenvalue weighted by atomic mass is 10.2. The molecule has 8 heteroatoms. The Balaban J connectivity index is 1.87. The number of thioether (sulfide) groups is 1. The minimum atomic E-state index is 0.0253. The van der Waals surface area contributed by atoms with Crippen molar-refractivity contribution in [3.05, 3.63) is 24.3 Å². The van der Waals surface area contributed by atoms with E-state index in [4.69, 9.17) is 4.74 Å². The molecule has 2 rings (SSSR count). The molecular weight excluding hydrogens is 356 g/mol. The van der Waals surface area contributed by atoms with Gasteiger partial charge in [0, 0.05) is 6.04 Å². The second-order valence-electron chi connectivity index (χ2n) is 5.47. The first-order valence-electron chi connectivity index (χ1n) is 8.36. The molecule has 1 aromatic carbocycles. The number of para-hydroxylation sites is 2. The number of carbonyl (C=O) groups is 1. The van der Waals surface area contributed by atoms with Crippen LogP contribution in [0.3, 0.4) is 0 Å². The van der Waals surface area contributed by atoms with Crippen molar-refractivity contribution in [2.24, 2.45) is 0 Å². The van der Waals surface area contributed by atoms with Gasteiger partial charge in [0.15, 0.2) is 4.34 Å². The number of carbonyl (C=O) groups excluding carboxylic acids is 1. The topological polar surface area (TPSA) is 76.1 Å². The molecule has 1 atom stereocenters. The molecule has 0 radical (unpaired) electrons. The third kappa shape index (κ3) is 6.55. The zero-order valence-electron chi connectivity index (χ0n) is 14.7. The van der Waals surface area contributed by atoms with Crippen LogP contribution in [0, 0.1) is 0 Å². The van der Waals surface area contributed by atoms with E-state index in [1.54, 1.807) is 0 Å². The Morgan fingerprint density at radius 1 is 1.32 bits per heavy atom. The van der Waals surface area contributed by atoms with Crippen LogP contribution in [0.2, 0.25) is 0 Å². The fourth-order valence-electron chi connectivity index (χ4n) is 2.23. The van der Waals surface area contributed by atoms with Crippen molar-refractivity contribution in [3.8, 4) is 5.75 Å². The summed E-state index contributed by atoms with van der Waals surface area (Å²) in [5, 5.41) is 15.1. The smallest absolute Gasteiger partial charge is 0.230 e. The molecule has 0 saturated carbocycles. The molecule has 0 saturated heterocycles. The molecule has 0 bridgehead atoms. The molecule has 0 aliphatic carbocycles. The quantitative estimate of drug-likeness (QED) is 0.605. The highest BCUT2D eigenvalue weighted by molar-refractivity contribution is 8.01. The first-order chi connectivity index (χ1) is 12.1. The van der Waals surface area contributed by atoms with E-state index >= 15 is 0 Å². The van der Waals surface area contributed by atoms with Crippen molar-refractivity contribution in [2.45, 2.75) is 44.0 Å². The van der Waals surface area contributed by atoms with Gasteiger partial charge in [0.25, 0.3) is 0 Å². The second-order valence-corrected chi connectivity index (χ2v) is 7.67. The summed E-state index contributed by atoms with van der Waals surface area (Å²) in [6, 6.07) is 7.91. The van der Waals surface area contributed by atoms with Gasteiger partial charge < -0.3 is 15.4 Å². The van der Waals surface area contributed by atoms with E-state index in [2.05, 4.69) is 27.8 Å². The molecule has 0 spiro atoms. The average Bonchev–Trinajstić information content (AvgIpc) is 3.03. The van der Waals surface area contributed by atoms with Gasteiger partial charge in [-0.1, -0.05) is 48.6 Å². The SMILES string of the molecule is CCC[C@@H](C)NC(=O)CSc1nnc(Nc2ccccc2OCC)s1. The van der Waals surface area contributed by atoms with Crippen LogP contribution in [0.4, 0.5) is 10.8 Å². The van der Waals surface area contributed by atoms with Crippen molar-refractivity contribution in [2.75, 3.05) is 17.7 Å². The van der Waals surface area contributed by atoms with Crippen LogP contribution in [0.15, 0.2) is 28.6 Å². The van der Waals surface area contributed by atoms with Gasteiger partial charge in [-0.25, -0.2) is 0 Å². The first-order valence-corrected chi connectivity index (χ1v) is 10.2. The number of benzene rings is 1. The monoisotopic (exact) mass is 380 g/mol. The van der Waals surface area contributed by atoms with E-state index in [1.165, 1.54) is 23.1 Å². The molecular formula is C17H24N4O2S2. The normalized spacial score (nSPS) is 11.8. The van der Waals surface area contributed by atoms with Crippen molar-refractivity contribution in [3.63, 3.8) is 0 Å². The Morgan fingerprint density at radius 2 is 2.12 bits per heavy atom. The molecule has 1 aromatic heterocycles. The minimum absolute atomic E-state index is 0.0253. The molecule has 0 unspecified atom stereocenters. The number of anilines is 2. The minimum Gasteiger partial charge on any atom is -0.492 e. The molecule has 136 valence electrons. The lowest BCUT2D eigenvalue weighted by Gasteiger charge is -2.11. The number of amides is 1. The van der Waals surface area contributed by atoms with Crippen molar-refractivity contribution < 1.29 is 9.53 Å². The summed E-state index contributed by atoms with van der Waals surface area (Å²) in [6.07, 6.45) is 2.05. The Morgan fingerprint density at radius 3 is 2.88 bits per heavy atom. The van der Waals surface area contributed by atoms with Gasteiger partial charge in [0.2, 0.25) is 11.0 Å². The van der Waals surface area contributed by atoms with Gasteiger partial charge in [-0.2, -0.15) is 0 Å². The molecule has 2 N–H and O–H groups in total. The van der Waals surface area contributed by atoms with Gasteiger partial charge >= 0.3 is 0 Å². The highest BCUT2D eigenvalue weighted by atomic mass is 32.2. The molecule has 6 nitrogen and oxygen atoms in total. The van der Waals surface area contributed by atoms with E-state index in [1.807, 2.05) is 38.1 Å². The summed E-state index contributed by atoms with van der Waals surface area (Å²) in [6.45, 7) is 6.68. The average molecular weight is 381 g/mol. The predicted octanol–water partition coefficient (Wildman–Crippen LogP) is 4.08. The van der Waals surface area contributed by atoms with Crippen LogP contribution in [0.1, 0.15) is 33.6 Å². The van der Waals surface area contributed by atoms with Crippen LogP contribution < -0.4 is 15.4 Å². The van der Waals surface area contributed by atoms with E-state index in [9.17, 15) is 4.79 Å². The highest BCUT2D eigenvalue weighted by Gasteiger charge is 2.11. The maximum Gasteiger partial charge on any atom is 0.230 e. The summed E-state index contributed by atoms with van der Waals surface area (Å²) in [5.74, 6) is 1.15. The highest BCUT2D eigenvalue weighted by Crippen LogP contribution is 2.31. The zero-order chi connectivity index (χ0) is 18.1. The molecule has 2 aromatic rings. The van der Waals surface area contributed by atoms with Crippen molar-refractivity contribution in [1.82, 2.24) is 15.5 Å². The Kier molecular flexibility index (Phi) is 8.00. The van der Waals surface area contributed by atoms with Gasteiger partial charge in [0.05, 0.1) is 18.0 Å².